The summed E-state index contributed by atoms with van der Waals surface area (Å²) in [5, 5.41) is 1.37. The van der Waals surface area contributed by atoms with E-state index in [9.17, 15) is 4.79 Å². The average Bonchev–Trinajstić information content (AvgIpc) is 2.08. The lowest BCUT2D eigenvalue weighted by Gasteiger charge is -1.98. The molecule has 0 saturated heterocycles. The zero-order chi connectivity index (χ0) is 9.42. The van der Waals surface area contributed by atoms with Gasteiger partial charge in [-0.15, -0.1) is 0 Å². The van der Waals surface area contributed by atoms with Crippen LogP contribution in [0.5, 0.6) is 0 Å². The number of benzene rings is 1. The second kappa shape index (κ2) is 3.16. The standard InChI is InChI=1S/C9H4BrClO2/c10-6-3-5-1-2-9(12)13-8(5)4-7(6)11/h1-4H. The fourth-order valence-electron chi connectivity index (χ4n) is 1.06. The van der Waals surface area contributed by atoms with Gasteiger partial charge < -0.3 is 4.42 Å². The third-order valence-corrected chi connectivity index (χ3v) is 2.86. The third-order valence-electron chi connectivity index (χ3n) is 1.66. The lowest BCUT2D eigenvalue weighted by Crippen LogP contribution is -1.93. The van der Waals surface area contributed by atoms with Crippen LogP contribution in [0.3, 0.4) is 0 Å². The highest BCUT2D eigenvalue weighted by atomic mass is 79.9. The van der Waals surface area contributed by atoms with Crippen LogP contribution in [0.4, 0.5) is 0 Å². The molecule has 0 aliphatic rings. The quantitative estimate of drug-likeness (QED) is 0.680. The van der Waals surface area contributed by atoms with Gasteiger partial charge in [0.05, 0.1) is 5.02 Å². The molecule has 1 aromatic carbocycles. The molecule has 0 aliphatic heterocycles. The number of halogens is 2. The molecule has 0 atom stereocenters. The number of fused-ring (bicyclic) bond motifs is 1. The molecule has 0 N–H and O–H groups in total. The highest BCUT2D eigenvalue weighted by molar-refractivity contribution is 9.10. The van der Waals surface area contributed by atoms with Gasteiger partial charge in [0.2, 0.25) is 0 Å². The zero-order valence-corrected chi connectivity index (χ0v) is 8.72. The average molecular weight is 259 g/mol. The molecule has 0 radical (unpaired) electrons. The Bertz CT molecular complexity index is 518. The molecule has 0 aliphatic carbocycles. The number of hydrogen-bond donors (Lipinski definition) is 0. The molecule has 13 heavy (non-hydrogen) atoms. The smallest absolute Gasteiger partial charge is 0.336 e. The fourth-order valence-corrected chi connectivity index (χ4v) is 1.58. The summed E-state index contributed by atoms with van der Waals surface area (Å²) in [5.74, 6) is 0. The number of rotatable bonds is 0. The van der Waals surface area contributed by atoms with Crippen molar-refractivity contribution in [1.82, 2.24) is 0 Å². The second-order valence-electron chi connectivity index (χ2n) is 2.56. The molecule has 0 unspecified atom stereocenters. The van der Waals surface area contributed by atoms with Crippen LogP contribution in [-0.2, 0) is 0 Å². The van der Waals surface area contributed by atoms with Gasteiger partial charge >= 0.3 is 5.63 Å². The first-order valence-corrected chi connectivity index (χ1v) is 4.73. The van der Waals surface area contributed by atoms with E-state index in [1.165, 1.54) is 6.07 Å². The van der Waals surface area contributed by atoms with E-state index in [0.717, 1.165) is 9.86 Å². The molecule has 0 saturated carbocycles. The van der Waals surface area contributed by atoms with Gasteiger partial charge in [-0.05, 0) is 28.1 Å². The second-order valence-corrected chi connectivity index (χ2v) is 3.82. The molecule has 0 spiro atoms. The molecule has 0 bridgehead atoms. The van der Waals surface area contributed by atoms with E-state index in [1.54, 1.807) is 18.2 Å². The van der Waals surface area contributed by atoms with E-state index in [2.05, 4.69) is 15.9 Å². The van der Waals surface area contributed by atoms with E-state index in [1.807, 2.05) is 0 Å². The largest absolute Gasteiger partial charge is 0.423 e. The monoisotopic (exact) mass is 258 g/mol. The Morgan fingerprint density at radius 1 is 1.31 bits per heavy atom. The Balaban J connectivity index is 2.89. The molecule has 66 valence electrons. The molecule has 1 aromatic heterocycles. The van der Waals surface area contributed by atoms with Crippen molar-refractivity contribution >= 4 is 38.5 Å². The zero-order valence-electron chi connectivity index (χ0n) is 6.38. The van der Waals surface area contributed by atoms with E-state index < -0.39 is 0 Å². The first kappa shape index (κ1) is 8.78. The maximum absolute atomic E-state index is 10.9. The van der Waals surface area contributed by atoms with Gasteiger partial charge in [-0.25, -0.2) is 4.79 Å². The van der Waals surface area contributed by atoms with Crippen LogP contribution in [0.1, 0.15) is 0 Å². The predicted octanol–water partition coefficient (Wildman–Crippen LogP) is 3.21. The van der Waals surface area contributed by atoms with Crippen LogP contribution in [0, 0.1) is 0 Å². The lowest BCUT2D eigenvalue weighted by molar-refractivity contribution is 0.561. The van der Waals surface area contributed by atoms with Gasteiger partial charge in [0.25, 0.3) is 0 Å². The van der Waals surface area contributed by atoms with Crippen molar-refractivity contribution in [2.24, 2.45) is 0 Å². The molecular formula is C9H4BrClO2. The van der Waals surface area contributed by atoms with Crippen molar-refractivity contribution in [3.05, 3.63) is 44.2 Å². The van der Waals surface area contributed by atoms with Crippen LogP contribution in [0.25, 0.3) is 11.0 Å². The molecule has 2 rings (SSSR count). The Morgan fingerprint density at radius 3 is 2.85 bits per heavy atom. The molecule has 0 amide bonds. The Morgan fingerprint density at radius 2 is 2.08 bits per heavy atom. The minimum atomic E-state index is -0.370. The summed E-state index contributed by atoms with van der Waals surface area (Å²) in [6.45, 7) is 0. The first-order valence-electron chi connectivity index (χ1n) is 3.56. The molecule has 4 heteroatoms. The van der Waals surface area contributed by atoms with Crippen LogP contribution in [0.15, 0.2) is 37.9 Å². The summed E-state index contributed by atoms with van der Waals surface area (Å²) in [4.78, 5) is 10.9. The van der Waals surface area contributed by atoms with Crippen LogP contribution in [-0.4, -0.2) is 0 Å². The van der Waals surface area contributed by atoms with E-state index in [4.69, 9.17) is 16.0 Å². The van der Waals surface area contributed by atoms with Crippen molar-refractivity contribution in [2.75, 3.05) is 0 Å². The SMILES string of the molecule is O=c1ccc2cc(Br)c(Cl)cc2o1. The van der Waals surface area contributed by atoms with Gasteiger partial charge in [-0.3, -0.25) is 0 Å². The highest BCUT2D eigenvalue weighted by Crippen LogP contribution is 2.27. The summed E-state index contributed by atoms with van der Waals surface area (Å²) < 4.78 is 5.72. The Kier molecular flexibility index (Phi) is 2.14. The van der Waals surface area contributed by atoms with Crippen molar-refractivity contribution < 1.29 is 4.42 Å². The van der Waals surface area contributed by atoms with E-state index >= 15 is 0 Å². The Hall–Kier alpha value is -0.800. The predicted molar refractivity (Wildman–Crippen MR) is 55.2 cm³/mol. The van der Waals surface area contributed by atoms with Crippen LogP contribution in [0.2, 0.25) is 5.02 Å². The topological polar surface area (TPSA) is 30.2 Å². The summed E-state index contributed by atoms with van der Waals surface area (Å²) in [6, 6.07) is 6.49. The maximum atomic E-state index is 10.9. The molecule has 0 fully saturated rings. The van der Waals surface area contributed by atoms with Crippen molar-refractivity contribution in [3.8, 4) is 0 Å². The molecular weight excluding hydrogens is 255 g/mol. The summed E-state index contributed by atoms with van der Waals surface area (Å²) >= 11 is 9.11. The van der Waals surface area contributed by atoms with Gasteiger partial charge in [0.15, 0.2) is 0 Å². The first-order chi connectivity index (χ1) is 6.16. The van der Waals surface area contributed by atoms with E-state index in [-0.39, 0.29) is 5.63 Å². The maximum Gasteiger partial charge on any atom is 0.336 e. The minimum Gasteiger partial charge on any atom is -0.423 e. The highest BCUT2D eigenvalue weighted by Gasteiger charge is 2.02. The fraction of sp³-hybridized carbons (Fsp3) is 0. The lowest BCUT2D eigenvalue weighted by atomic mass is 10.2. The third kappa shape index (κ3) is 1.62. The molecule has 1 heterocycles. The normalized spacial score (nSPS) is 10.6. The van der Waals surface area contributed by atoms with E-state index in [0.29, 0.717) is 10.6 Å². The van der Waals surface area contributed by atoms with Crippen LogP contribution < -0.4 is 5.63 Å². The van der Waals surface area contributed by atoms with Crippen molar-refractivity contribution in [1.29, 1.82) is 0 Å². The van der Waals surface area contributed by atoms with Gasteiger partial charge in [-0.1, -0.05) is 11.6 Å². The Labute approximate surface area is 87.3 Å². The summed E-state index contributed by atoms with van der Waals surface area (Å²) in [6.07, 6.45) is 0. The van der Waals surface area contributed by atoms with Gasteiger partial charge in [0.1, 0.15) is 5.58 Å². The summed E-state index contributed by atoms with van der Waals surface area (Å²) in [5.41, 5.74) is 0.131. The van der Waals surface area contributed by atoms with Gasteiger partial charge in [0, 0.05) is 22.0 Å². The summed E-state index contributed by atoms with van der Waals surface area (Å²) in [7, 11) is 0. The molecule has 2 aromatic rings. The number of hydrogen-bond acceptors (Lipinski definition) is 2. The van der Waals surface area contributed by atoms with Gasteiger partial charge in [-0.2, -0.15) is 0 Å². The van der Waals surface area contributed by atoms with Crippen LogP contribution >= 0.6 is 27.5 Å². The van der Waals surface area contributed by atoms with Crippen molar-refractivity contribution in [3.63, 3.8) is 0 Å². The molecule has 2 nitrogen and oxygen atoms in total. The minimum absolute atomic E-state index is 0.370. The van der Waals surface area contributed by atoms with Crippen molar-refractivity contribution in [2.45, 2.75) is 0 Å².